The molecule has 35 heavy (non-hydrogen) atoms. The molecule has 0 aliphatic rings. The van der Waals surface area contributed by atoms with E-state index in [0.717, 1.165) is 41.0 Å². The number of hydrogen-bond acceptors (Lipinski definition) is 6. The number of anilines is 1. The molecule has 0 saturated carbocycles. The molecule has 0 radical (unpaired) electrons. The van der Waals surface area contributed by atoms with Crippen LogP contribution in [0.5, 0.6) is 0 Å². The molecule has 0 bridgehead atoms. The van der Waals surface area contributed by atoms with Crippen molar-refractivity contribution in [1.82, 2.24) is 9.88 Å². The Hall–Kier alpha value is -1.71. The van der Waals surface area contributed by atoms with Crippen molar-refractivity contribution in [2.24, 2.45) is 0 Å². The van der Waals surface area contributed by atoms with E-state index in [4.69, 9.17) is 16.6 Å². The second-order valence-electron chi connectivity index (χ2n) is 8.50. The Kier molecular flexibility index (Phi) is 10.5. The monoisotopic (exact) mass is 557 g/mol. The number of carbonyl (C=O) groups is 1. The van der Waals surface area contributed by atoms with Crippen LogP contribution in [0.1, 0.15) is 38.8 Å². The van der Waals surface area contributed by atoms with Gasteiger partial charge in [0.25, 0.3) is 0 Å². The smallest absolute Gasteiger partial charge is 0.233 e. The molecular formula is C25H33Cl2N3O3S2. The van der Waals surface area contributed by atoms with Crippen molar-refractivity contribution in [3.63, 3.8) is 0 Å². The summed E-state index contributed by atoms with van der Waals surface area (Å²) in [6.45, 7) is 12.5. The Morgan fingerprint density at radius 3 is 2.26 bits per heavy atom. The lowest BCUT2D eigenvalue weighted by atomic mass is 10.1. The third-order valence-electron chi connectivity index (χ3n) is 6.03. The average Bonchev–Trinajstić information content (AvgIpc) is 3.24. The quantitative estimate of drug-likeness (QED) is 0.316. The van der Waals surface area contributed by atoms with Crippen molar-refractivity contribution in [3.05, 3.63) is 52.5 Å². The van der Waals surface area contributed by atoms with Gasteiger partial charge in [0, 0.05) is 18.1 Å². The van der Waals surface area contributed by atoms with Crippen LogP contribution in [-0.2, 0) is 21.1 Å². The van der Waals surface area contributed by atoms with E-state index in [0.29, 0.717) is 16.7 Å². The third-order valence-corrected chi connectivity index (χ3v) is 9.65. The minimum Gasteiger partial charge on any atom is -0.302 e. The number of aromatic nitrogens is 1. The van der Waals surface area contributed by atoms with Crippen molar-refractivity contribution in [2.45, 2.75) is 51.2 Å². The highest BCUT2D eigenvalue weighted by Gasteiger charge is 2.23. The zero-order chi connectivity index (χ0) is 25.0. The molecule has 0 unspecified atom stereocenters. The molecule has 1 aromatic heterocycles. The Bertz CT molecular complexity index is 1250. The Labute approximate surface area is 223 Å². The van der Waals surface area contributed by atoms with Crippen LogP contribution in [0.25, 0.3) is 10.2 Å². The van der Waals surface area contributed by atoms with E-state index in [9.17, 15) is 13.2 Å². The maximum atomic E-state index is 13.5. The molecule has 1 amide bonds. The fraction of sp³-hybridized carbons (Fsp3) is 0.440. The number of amides is 1. The van der Waals surface area contributed by atoms with Gasteiger partial charge in [-0.15, -0.1) is 12.4 Å². The van der Waals surface area contributed by atoms with E-state index in [-0.39, 0.29) is 29.6 Å². The van der Waals surface area contributed by atoms with Crippen LogP contribution < -0.4 is 4.90 Å². The van der Waals surface area contributed by atoms with Gasteiger partial charge in [-0.25, -0.2) is 13.4 Å². The van der Waals surface area contributed by atoms with Crippen LogP contribution in [0, 0.1) is 6.92 Å². The summed E-state index contributed by atoms with van der Waals surface area (Å²) < 4.78 is 25.8. The number of sulfone groups is 1. The van der Waals surface area contributed by atoms with E-state index in [1.807, 2.05) is 19.1 Å². The second-order valence-corrected chi connectivity index (χ2v) is 12.4. The van der Waals surface area contributed by atoms with Gasteiger partial charge in [-0.3, -0.25) is 9.69 Å². The molecule has 6 nitrogen and oxygen atoms in total. The molecule has 0 aliphatic heterocycles. The van der Waals surface area contributed by atoms with Crippen molar-refractivity contribution < 1.29 is 13.2 Å². The molecule has 0 atom stereocenters. The number of aryl methyl sites for hydroxylation is 1. The van der Waals surface area contributed by atoms with Gasteiger partial charge in [0.15, 0.2) is 15.0 Å². The van der Waals surface area contributed by atoms with Gasteiger partial charge in [-0.2, -0.15) is 0 Å². The lowest BCUT2D eigenvalue weighted by molar-refractivity contribution is -0.118. The van der Waals surface area contributed by atoms with E-state index in [1.54, 1.807) is 43.0 Å². The molecule has 3 rings (SSSR count). The second kappa shape index (κ2) is 12.5. The van der Waals surface area contributed by atoms with Crippen LogP contribution in [-0.4, -0.2) is 55.6 Å². The number of rotatable bonds is 10. The van der Waals surface area contributed by atoms with Gasteiger partial charge < -0.3 is 4.90 Å². The summed E-state index contributed by atoms with van der Waals surface area (Å²) in [5, 5.41) is 0.810. The van der Waals surface area contributed by atoms with Crippen LogP contribution in [0.2, 0.25) is 5.02 Å². The molecule has 0 saturated heterocycles. The summed E-state index contributed by atoms with van der Waals surface area (Å²) in [4.78, 5) is 22.5. The zero-order valence-electron chi connectivity index (χ0n) is 20.7. The Morgan fingerprint density at radius 2 is 1.69 bits per heavy atom. The van der Waals surface area contributed by atoms with Gasteiger partial charge in [-0.1, -0.05) is 48.9 Å². The maximum absolute atomic E-state index is 13.5. The third kappa shape index (κ3) is 6.74. The molecule has 2 aromatic carbocycles. The molecule has 0 N–H and O–H groups in total. The molecular weight excluding hydrogens is 525 g/mol. The largest absolute Gasteiger partial charge is 0.302 e. The number of nitrogens with zero attached hydrogens (tertiary/aromatic N) is 3. The lowest BCUT2D eigenvalue weighted by Crippen LogP contribution is -2.39. The van der Waals surface area contributed by atoms with Gasteiger partial charge in [0.1, 0.15) is 0 Å². The highest BCUT2D eigenvalue weighted by molar-refractivity contribution is 7.92. The van der Waals surface area contributed by atoms with Crippen molar-refractivity contribution in [3.8, 4) is 0 Å². The number of benzene rings is 2. The van der Waals surface area contributed by atoms with E-state index in [2.05, 4.69) is 18.7 Å². The first kappa shape index (κ1) is 29.5. The molecule has 1 heterocycles. The zero-order valence-corrected chi connectivity index (χ0v) is 24.0. The number of thiazole rings is 1. The van der Waals surface area contributed by atoms with E-state index >= 15 is 0 Å². The van der Waals surface area contributed by atoms with Crippen molar-refractivity contribution in [2.75, 3.05) is 31.1 Å². The predicted molar refractivity (Wildman–Crippen MR) is 149 cm³/mol. The summed E-state index contributed by atoms with van der Waals surface area (Å²) in [7, 11) is -3.35. The number of likely N-dealkylation sites (N-methyl/N-ethyl adjacent to an activating group) is 1. The highest BCUT2D eigenvalue weighted by Crippen LogP contribution is 2.34. The summed E-state index contributed by atoms with van der Waals surface area (Å²) in [5.74, 6) is -0.0746. The number of hydrogen-bond donors (Lipinski definition) is 0. The van der Waals surface area contributed by atoms with Gasteiger partial charge in [0.05, 0.1) is 26.8 Å². The molecule has 192 valence electrons. The van der Waals surface area contributed by atoms with Crippen molar-refractivity contribution >= 4 is 66.4 Å². The molecule has 10 heteroatoms. The summed E-state index contributed by atoms with van der Waals surface area (Å²) in [6, 6.07) is 10.4. The minimum atomic E-state index is -3.35. The molecule has 3 aromatic rings. The molecule has 0 aliphatic carbocycles. The SMILES string of the molecule is CCN(CC)CCN(C(=O)Cc1ccc(S(=O)(=O)C(C)C)cc1)c1nc2c(C)c(Cl)ccc2s1.Cl. The first-order valence-electron chi connectivity index (χ1n) is 11.5. The Morgan fingerprint density at radius 1 is 1.06 bits per heavy atom. The average molecular weight is 559 g/mol. The predicted octanol–water partition coefficient (Wildman–Crippen LogP) is 5.78. The van der Waals surface area contributed by atoms with Gasteiger partial charge in [-0.05, 0) is 69.3 Å². The molecule has 0 fully saturated rings. The number of carbonyl (C=O) groups excluding carboxylic acids is 1. The summed E-state index contributed by atoms with van der Waals surface area (Å²) in [5.41, 5.74) is 2.48. The van der Waals surface area contributed by atoms with Crippen LogP contribution in [0.4, 0.5) is 5.13 Å². The van der Waals surface area contributed by atoms with Gasteiger partial charge >= 0.3 is 0 Å². The van der Waals surface area contributed by atoms with Crippen LogP contribution in [0.15, 0.2) is 41.3 Å². The van der Waals surface area contributed by atoms with Gasteiger partial charge in [0.2, 0.25) is 5.91 Å². The maximum Gasteiger partial charge on any atom is 0.233 e. The van der Waals surface area contributed by atoms with E-state index in [1.165, 1.54) is 11.3 Å². The summed E-state index contributed by atoms with van der Waals surface area (Å²) in [6.07, 6.45) is 0.163. The van der Waals surface area contributed by atoms with E-state index < -0.39 is 15.1 Å². The lowest BCUT2D eigenvalue weighted by Gasteiger charge is -2.24. The van der Waals surface area contributed by atoms with Crippen molar-refractivity contribution in [1.29, 1.82) is 0 Å². The fourth-order valence-electron chi connectivity index (χ4n) is 3.65. The summed E-state index contributed by atoms with van der Waals surface area (Å²) >= 11 is 7.77. The number of fused-ring (bicyclic) bond motifs is 1. The molecule has 0 spiro atoms. The normalized spacial score (nSPS) is 11.8. The van der Waals surface area contributed by atoms with Crippen LogP contribution >= 0.6 is 35.3 Å². The first-order valence-corrected chi connectivity index (χ1v) is 14.2. The highest BCUT2D eigenvalue weighted by atomic mass is 35.5. The minimum absolute atomic E-state index is 0. The number of halogens is 2. The topological polar surface area (TPSA) is 70.6 Å². The first-order chi connectivity index (χ1) is 16.1. The Balaban J connectivity index is 0.00000432. The van der Waals surface area contributed by atoms with Crippen LogP contribution in [0.3, 0.4) is 0 Å². The fourth-order valence-corrected chi connectivity index (χ4v) is 5.93. The standard InChI is InChI=1S/C25H32ClN3O3S2.ClH/c1-6-28(7-2)14-15-29(25-27-24-18(5)21(26)12-13-22(24)33-25)23(30)16-19-8-10-20(11-9-19)34(31,32)17(3)4;/h8-13,17H,6-7,14-16H2,1-5H3;1H.